The lowest BCUT2D eigenvalue weighted by Crippen LogP contribution is -1.96. The van der Waals surface area contributed by atoms with Gasteiger partial charge in [0.25, 0.3) is 0 Å². The molecule has 0 aliphatic carbocycles. The van der Waals surface area contributed by atoms with E-state index in [4.69, 9.17) is 4.98 Å². The van der Waals surface area contributed by atoms with E-state index in [2.05, 4.69) is 126 Å². The fourth-order valence-corrected chi connectivity index (χ4v) is 5.53. The van der Waals surface area contributed by atoms with Crippen molar-refractivity contribution < 1.29 is 0 Å². The number of rotatable bonds is 3. The van der Waals surface area contributed by atoms with Crippen LogP contribution in [0, 0.1) is 0 Å². The van der Waals surface area contributed by atoms with Gasteiger partial charge in [0.05, 0.1) is 22.1 Å². The predicted molar refractivity (Wildman–Crippen MR) is 152 cm³/mol. The van der Waals surface area contributed by atoms with Crippen molar-refractivity contribution in [1.82, 2.24) is 14.1 Å². The maximum absolute atomic E-state index is 4.78. The number of aromatic nitrogens is 3. The fraction of sp³-hybridized carbons (Fsp3) is 0.0606. The van der Waals surface area contributed by atoms with E-state index >= 15 is 0 Å². The van der Waals surface area contributed by atoms with Crippen LogP contribution in [0.5, 0.6) is 0 Å². The number of fused-ring (bicyclic) bond motifs is 7. The summed E-state index contributed by atoms with van der Waals surface area (Å²) in [6.07, 6.45) is 4.03. The predicted octanol–water partition coefficient (Wildman–Crippen LogP) is 8.70. The van der Waals surface area contributed by atoms with E-state index in [1.165, 1.54) is 49.2 Å². The summed E-state index contributed by atoms with van der Waals surface area (Å²) in [5.41, 5.74) is 8.43. The minimum atomic E-state index is 0.926. The zero-order valence-corrected chi connectivity index (χ0v) is 20.3. The summed E-state index contributed by atoms with van der Waals surface area (Å²) in [4.78, 5) is 4.78. The quantitative estimate of drug-likeness (QED) is 0.257. The van der Waals surface area contributed by atoms with Crippen LogP contribution in [-0.2, 0) is 0 Å². The van der Waals surface area contributed by atoms with E-state index < -0.39 is 0 Å². The van der Waals surface area contributed by atoms with Crippen molar-refractivity contribution in [3.8, 4) is 11.5 Å². The van der Waals surface area contributed by atoms with Gasteiger partial charge in [0.1, 0.15) is 5.82 Å². The highest BCUT2D eigenvalue weighted by molar-refractivity contribution is 6.26. The molecule has 0 bridgehead atoms. The van der Waals surface area contributed by atoms with E-state index in [-0.39, 0.29) is 0 Å². The van der Waals surface area contributed by atoms with Gasteiger partial charge in [-0.25, -0.2) is 4.98 Å². The van der Waals surface area contributed by atoms with Crippen molar-refractivity contribution in [2.24, 2.45) is 0 Å². The van der Waals surface area contributed by atoms with Gasteiger partial charge in [-0.05, 0) is 72.2 Å². The molecule has 0 saturated heterocycles. The third kappa shape index (κ3) is 2.89. The molecular weight excluding hydrogens is 438 g/mol. The van der Waals surface area contributed by atoms with Gasteiger partial charge >= 0.3 is 0 Å². The highest BCUT2D eigenvalue weighted by Gasteiger charge is 2.23. The molecule has 3 nitrogen and oxygen atoms in total. The molecule has 0 unspecified atom stereocenters. The molecule has 3 heterocycles. The Morgan fingerprint density at radius 2 is 1.42 bits per heavy atom. The molecule has 0 aliphatic heterocycles. The molecular formula is C33H25N3. The lowest BCUT2D eigenvalue weighted by Gasteiger charge is -2.10. The van der Waals surface area contributed by atoms with Crippen LogP contribution in [-0.4, -0.2) is 14.1 Å². The van der Waals surface area contributed by atoms with Gasteiger partial charge in [0, 0.05) is 22.7 Å². The normalized spacial score (nSPS) is 12.3. The second-order valence-electron chi connectivity index (χ2n) is 9.27. The third-order valence-corrected chi connectivity index (χ3v) is 7.35. The highest BCUT2D eigenvalue weighted by atomic mass is 15.1. The standard InChI is InChI=1S/C33H25N3/c1-3-22(2)23-15-18-25(19-16-23)35-29-20-17-24-10-4-5-11-26(24)31(29)33-32(35)27-12-6-7-13-28(27)36(33)30-14-8-9-21-34-30/h3-21H,1-2H3/b22-3+. The van der Waals surface area contributed by atoms with Crippen molar-refractivity contribution in [3.05, 3.63) is 121 Å². The van der Waals surface area contributed by atoms with E-state index in [9.17, 15) is 0 Å². The van der Waals surface area contributed by atoms with E-state index in [0.29, 0.717) is 0 Å². The number of para-hydroxylation sites is 1. The Morgan fingerprint density at radius 1 is 0.667 bits per heavy atom. The summed E-state index contributed by atoms with van der Waals surface area (Å²) in [5, 5.41) is 4.95. The number of nitrogens with zero attached hydrogens (tertiary/aromatic N) is 3. The Bertz CT molecular complexity index is 1930. The smallest absolute Gasteiger partial charge is 0.137 e. The second kappa shape index (κ2) is 7.96. The summed E-state index contributed by atoms with van der Waals surface area (Å²) in [7, 11) is 0. The topological polar surface area (TPSA) is 22.8 Å². The molecule has 0 fully saturated rings. The number of hydrogen-bond donors (Lipinski definition) is 0. The lowest BCUT2D eigenvalue weighted by atomic mass is 10.1. The van der Waals surface area contributed by atoms with Crippen molar-refractivity contribution in [1.29, 1.82) is 0 Å². The van der Waals surface area contributed by atoms with E-state index in [1.54, 1.807) is 0 Å². The summed E-state index contributed by atoms with van der Waals surface area (Å²) >= 11 is 0. The first-order chi connectivity index (χ1) is 17.8. The fourth-order valence-electron chi connectivity index (χ4n) is 5.53. The summed E-state index contributed by atoms with van der Waals surface area (Å²) in [5.74, 6) is 0.926. The Morgan fingerprint density at radius 3 is 2.19 bits per heavy atom. The molecule has 0 N–H and O–H groups in total. The number of benzene rings is 4. The maximum atomic E-state index is 4.78. The van der Waals surface area contributed by atoms with Gasteiger partial charge in [0.15, 0.2) is 0 Å². The number of allylic oxidation sites excluding steroid dienone is 2. The first-order valence-electron chi connectivity index (χ1n) is 12.4. The molecule has 0 aliphatic rings. The molecule has 7 aromatic rings. The van der Waals surface area contributed by atoms with Crippen molar-refractivity contribution in [2.45, 2.75) is 13.8 Å². The Balaban J connectivity index is 1.71. The van der Waals surface area contributed by atoms with Crippen LogP contribution in [0.15, 0.2) is 115 Å². The minimum absolute atomic E-state index is 0.926. The molecule has 0 radical (unpaired) electrons. The van der Waals surface area contributed by atoms with Crippen LogP contribution in [0.25, 0.3) is 60.7 Å². The van der Waals surface area contributed by atoms with Gasteiger partial charge in [-0.3, -0.25) is 4.57 Å². The van der Waals surface area contributed by atoms with Crippen molar-refractivity contribution in [3.63, 3.8) is 0 Å². The summed E-state index contributed by atoms with van der Waals surface area (Å²) in [6, 6.07) is 36.9. The van der Waals surface area contributed by atoms with Gasteiger partial charge in [-0.15, -0.1) is 0 Å². The van der Waals surface area contributed by atoms with Crippen LogP contribution < -0.4 is 0 Å². The van der Waals surface area contributed by atoms with Gasteiger partial charge in [-0.1, -0.05) is 72.8 Å². The molecule has 7 rings (SSSR count). The molecule has 3 heteroatoms. The Labute approximate surface area is 209 Å². The Hall–Kier alpha value is -4.63. The second-order valence-corrected chi connectivity index (χ2v) is 9.27. The van der Waals surface area contributed by atoms with Crippen LogP contribution >= 0.6 is 0 Å². The SMILES string of the molecule is C/C=C(\C)c1ccc(-n2c3ccc4ccccc4c3c3c2c2ccccc2n3-c2ccccn2)cc1. The molecule has 0 amide bonds. The van der Waals surface area contributed by atoms with Gasteiger partial charge < -0.3 is 4.57 Å². The first kappa shape index (κ1) is 20.7. The number of hydrogen-bond acceptors (Lipinski definition) is 1. The van der Waals surface area contributed by atoms with Gasteiger partial charge in [-0.2, -0.15) is 0 Å². The highest BCUT2D eigenvalue weighted by Crippen LogP contribution is 2.42. The number of pyridine rings is 1. The monoisotopic (exact) mass is 463 g/mol. The zero-order chi connectivity index (χ0) is 24.2. The molecule has 36 heavy (non-hydrogen) atoms. The van der Waals surface area contributed by atoms with Crippen LogP contribution in [0.1, 0.15) is 19.4 Å². The lowest BCUT2D eigenvalue weighted by molar-refractivity contribution is 1.08. The van der Waals surface area contributed by atoms with E-state index in [0.717, 1.165) is 17.0 Å². The molecule has 0 spiro atoms. The molecule has 0 atom stereocenters. The maximum Gasteiger partial charge on any atom is 0.137 e. The average molecular weight is 464 g/mol. The van der Waals surface area contributed by atoms with Crippen LogP contribution in [0.3, 0.4) is 0 Å². The van der Waals surface area contributed by atoms with Gasteiger partial charge in [0.2, 0.25) is 0 Å². The molecule has 4 aromatic carbocycles. The Kier molecular flexibility index (Phi) is 4.58. The summed E-state index contributed by atoms with van der Waals surface area (Å²) in [6.45, 7) is 4.24. The molecule has 0 saturated carbocycles. The zero-order valence-electron chi connectivity index (χ0n) is 20.3. The van der Waals surface area contributed by atoms with Crippen molar-refractivity contribution >= 4 is 49.2 Å². The molecule has 3 aromatic heterocycles. The third-order valence-electron chi connectivity index (χ3n) is 7.35. The molecule has 172 valence electrons. The first-order valence-corrected chi connectivity index (χ1v) is 12.4. The largest absolute Gasteiger partial charge is 0.307 e. The van der Waals surface area contributed by atoms with Crippen molar-refractivity contribution in [2.75, 3.05) is 0 Å². The van der Waals surface area contributed by atoms with Crippen LogP contribution in [0.4, 0.5) is 0 Å². The average Bonchev–Trinajstić information content (AvgIpc) is 3.46. The minimum Gasteiger partial charge on any atom is -0.307 e. The summed E-state index contributed by atoms with van der Waals surface area (Å²) < 4.78 is 4.75. The van der Waals surface area contributed by atoms with E-state index in [1.807, 2.05) is 12.3 Å². The van der Waals surface area contributed by atoms with Crippen LogP contribution in [0.2, 0.25) is 0 Å².